The lowest BCUT2D eigenvalue weighted by molar-refractivity contribution is -0.160. The fourth-order valence-electron chi connectivity index (χ4n) is 6.79. The molecule has 0 bridgehead atoms. The van der Waals surface area contributed by atoms with Crippen LogP contribution in [0.15, 0.2) is 54.6 Å². The molecular formula is C39H55N3O7. The molecule has 1 N–H and O–H groups in total. The van der Waals surface area contributed by atoms with Crippen molar-refractivity contribution in [2.24, 2.45) is 5.92 Å². The Morgan fingerprint density at radius 1 is 0.918 bits per heavy atom. The average Bonchev–Trinajstić information content (AvgIpc) is 3.51. The first-order valence-electron chi connectivity index (χ1n) is 17.9. The van der Waals surface area contributed by atoms with Crippen molar-refractivity contribution in [2.75, 3.05) is 26.2 Å². The van der Waals surface area contributed by atoms with Crippen LogP contribution in [0.4, 0.5) is 4.79 Å². The number of hydrogen-bond donors (Lipinski definition) is 1. The average molecular weight is 678 g/mol. The maximum Gasteiger partial charge on any atom is 0.410 e. The summed E-state index contributed by atoms with van der Waals surface area (Å²) in [5.74, 6) is -0.575. The van der Waals surface area contributed by atoms with E-state index in [1.54, 1.807) is 23.6 Å². The van der Waals surface area contributed by atoms with Crippen molar-refractivity contribution in [1.82, 2.24) is 15.1 Å². The van der Waals surface area contributed by atoms with E-state index in [-0.39, 0.29) is 43.8 Å². The van der Waals surface area contributed by atoms with Crippen molar-refractivity contribution in [2.45, 2.75) is 116 Å². The fourth-order valence-corrected chi connectivity index (χ4v) is 6.79. The summed E-state index contributed by atoms with van der Waals surface area (Å²) in [6.45, 7) is 10.7. The van der Waals surface area contributed by atoms with E-state index in [0.29, 0.717) is 38.3 Å². The number of likely N-dealkylation sites (tertiary alicyclic amines) is 1. The number of nitrogens with zero attached hydrogens (tertiary/aromatic N) is 2. The molecule has 2 aromatic rings. The predicted molar refractivity (Wildman–Crippen MR) is 188 cm³/mol. The number of amides is 2. The van der Waals surface area contributed by atoms with Crippen LogP contribution in [0.3, 0.4) is 0 Å². The van der Waals surface area contributed by atoms with Gasteiger partial charge in [-0.15, -0.1) is 0 Å². The van der Waals surface area contributed by atoms with Crippen LogP contribution in [0.1, 0.15) is 89.8 Å². The lowest BCUT2D eigenvalue weighted by Gasteiger charge is -2.33. The lowest BCUT2D eigenvalue weighted by Crippen LogP contribution is -2.55. The van der Waals surface area contributed by atoms with E-state index >= 15 is 0 Å². The van der Waals surface area contributed by atoms with Crippen LogP contribution in [0, 0.1) is 5.92 Å². The molecule has 1 saturated heterocycles. The molecule has 0 saturated carbocycles. The van der Waals surface area contributed by atoms with Gasteiger partial charge in [0.2, 0.25) is 5.91 Å². The third kappa shape index (κ3) is 11.9. The Morgan fingerprint density at radius 2 is 1.55 bits per heavy atom. The van der Waals surface area contributed by atoms with Crippen LogP contribution >= 0.6 is 0 Å². The van der Waals surface area contributed by atoms with Crippen LogP contribution in [0.2, 0.25) is 0 Å². The molecule has 0 aromatic heterocycles. The highest BCUT2D eigenvalue weighted by molar-refractivity contribution is 5.87. The van der Waals surface area contributed by atoms with E-state index in [1.807, 2.05) is 63.2 Å². The van der Waals surface area contributed by atoms with E-state index in [9.17, 15) is 19.2 Å². The second-order valence-corrected chi connectivity index (χ2v) is 14.3. The topological polar surface area (TPSA) is 114 Å². The molecule has 1 aliphatic carbocycles. The normalized spacial score (nSPS) is 16.4. The Hall–Kier alpha value is -3.92. The number of nitrogens with one attached hydrogen (secondary N) is 1. The van der Waals surface area contributed by atoms with Crippen LogP contribution in [0.5, 0.6) is 0 Å². The molecule has 10 heteroatoms. The minimum Gasteiger partial charge on any atom is -0.465 e. The van der Waals surface area contributed by atoms with E-state index in [2.05, 4.69) is 17.4 Å². The second kappa shape index (κ2) is 18.2. The minimum atomic E-state index is -0.716. The molecule has 2 aromatic carbocycles. The van der Waals surface area contributed by atoms with Crippen LogP contribution in [-0.2, 0) is 48.0 Å². The van der Waals surface area contributed by atoms with Gasteiger partial charge in [-0.05, 0) is 89.3 Å². The Labute approximate surface area is 291 Å². The van der Waals surface area contributed by atoms with Crippen molar-refractivity contribution in [3.63, 3.8) is 0 Å². The zero-order valence-electron chi connectivity index (χ0n) is 30.0. The Kier molecular flexibility index (Phi) is 14.1. The van der Waals surface area contributed by atoms with Gasteiger partial charge in [0.05, 0.1) is 12.6 Å². The van der Waals surface area contributed by atoms with Gasteiger partial charge in [-0.2, -0.15) is 0 Å². The van der Waals surface area contributed by atoms with Crippen molar-refractivity contribution in [1.29, 1.82) is 0 Å². The lowest BCUT2D eigenvalue weighted by atomic mass is 9.91. The van der Waals surface area contributed by atoms with Crippen LogP contribution in [-0.4, -0.2) is 83.7 Å². The molecule has 2 atom stereocenters. The number of benzene rings is 2. The number of carbonyl (C=O) groups excluding carboxylic acids is 4. The third-order valence-electron chi connectivity index (χ3n) is 9.30. The molecule has 1 fully saturated rings. The summed E-state index contributed by atoms with van der Waals surface area (Å²) in [5, 5.41) is 3.25. The molecule has 1 unspecified atom stereocenters. The standard InChI is InChI=1S/C39H55N3O7/c1-6-47-37(45)34(19-13-10-14-29-20-22-41(23-21-29)38(46)48-27-30-15-8-7-9-16-30)40-28(2)36(44)42(26-35(43)49-39(3,4)5)33-24-31-17-11-12-18-32(31)25-33/h7-9,11-12,15-18,28-29,33-34,40H,6,10,13-14,19-27H2,1-5H3/t28-,34?/m0/s1. The number of piperidine rings is 1. The summed E-state index contributed by atoms with van der Waals surface area (Å²) < 4.78 is 16.5. The fraction of sp³-hybridized carbons (Fsp3) is 0.590. The maximum absolute atomic E-state index is 14.0. The first-order chi connectivity index (χ1) is 23.4. The molecule has 268 valence electrons. The second-order valence-electron chi connectivity index (χ2n) is 14.3. The minimum absolute atomic E-state index is 0.158. The molecule has 2 aliphatic rings. The van der Waals surface area contributed by atoms with Crippen LogP contribution in [0.25, 0.3) is 0 Å². The number of rotatable bonds is 15. The summed E-state index contributed by atoms with van der Waals surface area (Å²) in [4.78, 5) is 55.9. The molecular weight excluding hydrogens is 622 g/mol. The van der Waals surface area contributed by atoms with Gasteiger partial charge in [0.1, 0.15) is 24.8 Å². The highest BCUT2D eigenvalue weighted by Crippen LogP contribution is 2.27. The number of ether oxygens (including phenoxy) is 3. The van der Waals surface area contributed by atoms with E-state index in [4.69, 9.17) is 14.2 Å². The summed E-state index contributed by atoms with van der Waals surface area (Å²) in [5.41, 5.74) is 2.65. The Bertz CT molecular complexity index is 1360. The molecule has 2 amide bonds. The van der Waals surface area contributed by atoms with Gasteiger partial charge < -0.3 is 24.0 Å². The molecule has 4 rings (SSSR count). The van der Waals surface area contributed by atoms with Gasteiger partial charge >= 0.3 is 18.0 Å². The monoisotopic (exact) mass is 677 g/mol. The Morgan fingerprint density at radius 3 is 2.16 bits per heavy atom. The first kappa shape index (κ1) is 37.9. The Balaban J connectivity index is 1.27. The van der Waals surface area contributed by atoms with Gasteiger partial charge in [-0.1, -0.05) is 73.9 Å². The largest absolute Gasteiger partial charge is 0.465 e. The van der Waals surface area contributed by atoms with Gasteiger partial charge in [0.25, 0.3) is 0 Å². The zero-order chi connectivity index (χ0) is 35.4. The third-order valence-corrected chi connectivity index (χ3v) is 9.30. The summed E-state index contributed by atoms with van der Waals surface area (Å²) >= 11 is 0. The van der Waals surface area contributed by atoms with Crippen LogP contribution < -0.4 is 5.32 Å². The van der Waals surface area contributed by atoms with Crippen molar-refractivity contribution >= 4 is 23.9 Å². The SMILES string of the molecule is CCOC(=O)C(CCCCC1CCN(C(=O)OCc2ccccc2)CC1)N[C@@H](C)C(=O)N(CC(=O)OC(C)(C)C)C1Cc2ccccc2C1. The van der Waals surface area contributed by atoms with E-state index in [1.165, 1.54) is 11.1 Å². The number of fused-ring (bicyclic) bond motifs is 1. The molecule has 0 radical (unpaired) electrons. The van der Waals surface area contributed by atoms with Crippen molar-refractivity contribution in [3.05, 3.63) is 71.3 Å². The smallest absolute Gasteiger partial charge is 0.410 e. The quantitative estimate of drug-likeness (QED) is 0.142. The summed E-state index contributed by atoms with van der Waals surface area (Å²) in [6, 6.07) is 16.2. The van der Waals surface area contributed by atoms with Gasteiger partial charge in [-0.3, -0.25) is 19.7 Å². The van der Waals surface area contributed by atoms with Gasteiger partial charge in [-0.25, -0.2) is 4.79 Å². The zero-order valence-corrected chi connectivity index (χ0v) is 30.0. The van der Waals surface area contributed by atoms with Crippen molar-refractivity contribution < 1.29 is 33.4 Å². The predicted octanol–water partition coefficient (Wildman–Crippen LogP) is 5.84. The molecule has 1 heterocycles. The number of esters is 2. The number of hydrogen-bond acceptors (Lipinski definition) is 8. The molecule has 49 heavy (non-hydrogen) atoms. The number of unbranched alkanes of at least 4 members (excludes halogenated alkanes) is 1. The molecule has 0 spiro atoms. The number of carbonyl (C=O) groups is 4. The highest BCUT2D eigenvalue weighted by atomic mass is 16.6. The summed E-state index contributed by atoms with van der Waals surface area (Å²) in [7, 11) is 0. The highest BCUT2D eigenvalue weighted by Gasteiger charge is 2.36. The maximum atomic E-state index is 14.0. The van der Waals surface area contributed by atoms with E-state index in [0.717, 1.165) is 37.7 Å². The molecule has 10 nitrogen and oxygen atoms in total. The van der Waals surface area contributed by atoms with E-state index < -0.39 is 23.7 Å². The van der Waals surface area contributed by atoms with Crippen molar-refractivity contribution in [3.8, 4) is 0 Å². The first-order valence-corrected chi connectivity index (χ1v) is 17.9. The van der Waals surface area contributed by atoms with Gasteiger partial charge in [0.15, 0.2) is 0 Å². The molecule has 1 aliphatic heterocycles. The summed E-state index contributed by atoms with van der Waals surface area (Å²) in [6.07, 6.45) is 6.14. The van der Waals surface area contributed by atoms with Gasteiger partial charge in [0, 0.05) is 19.1 Å².